The lowest BCUT2D eigenvalue weighted by Crippen LogP contribution is -2.56. The minimum atomic E-state index is -0.905. The van der Waals surface area contributed by atoms with E-state index in [0.29, 0.717) is 10.9 Å². The topological polar surface area (TPSA) is 111 Å². The molecule has 0 aliphatic heterocycles. The summed E-state index contributed by atoms with van der Waals surface area (Å²) in [6, 6.07) is 0. The van der Waals surface area contributed by atoms with Crippen LogP contribution in [0.3, 0.4) is 0 Å². The second-order valence-corrected chi connectivity index (χ2v) is 4.72. The van der Waals surface area contributed by atoms with Gasteiger partial charge in [-0.25, -0.2) is 4.98 Å². The molecule has 1 aliphatic carbocycles. The maximum atomic E-state index is 11.3. The molecule has 1 unspecified atom stereocenters. The predicted molar refractivity (Wildman–Crippen MR) is 55.9 cm³/mol. The number of nitrogens with zero attached hydrogens (tertiary/aromatic N) is 2. The molecule has 82 valence electrons. The molecule has 0 spiro atoms. The Hall–Kier alpha value is -1.08. The summed E-state index contributed by atoms with van der Waals surface area (Å²) in [5, 5.41) is 7.08. The van der Waals surface area contributed by atoms with Crippen molar-refractivity contribution in [2.75, 3.05) is 5.75 Å². The number of nitrogens with two attached hydrogens (primary N) is 2. The van der Waals surface area contributed by atoms with Crippen molar-refractivity contribution in [1.82, 2.24) is 15.2 Å². The lowest BCUT2D eigenvalue weighted by atomic mass is 9.96. The van der Waals surface area contributed by atoms with E-state index >= 15 is 0 Å². The van der Waals surface area contributed by atoms with Crippen LogP contribution in [0.4, 0.5) is 0 Å². The zero-order chi connectivity index (χ0) is 10.9. The Morgan fingerprint density at radius 3 is 2.93 bits per heavy atom. The van der Waals surface area contributed by atoms with Gasteiger partial charge < -0.3 is 11.5 Å². The maximum absolute atomic E-state index is 11.3. The van der Waals surface area contributed by atoms with Crippen LogP contribution in [-0.4, -0.2) is 32.4 Å². The van der Waals surface area contributed by atoms with Crippen molar-refractivity contribution < 1.29 is 4.79 Å². The number of aromatic amines is 1. The molecule has 2 rings (SSSR count). The van der Waals surface area contributed by atoms with Crippen LogP contribution in [0.5, 0.6) is 0 Å². The Morgan fingerprint density at radius 2 is 2.47 bits per heavy atom. The van der Waals surface area contributed by atoms with Gasteiger partial charge in [-0.1, -0.05) is 11.8 Å². The summed E-state index contributed by atoms with van der Waals surface area (Å²) < 4.78 is 0. The molecule has 1 aliphatic rings. The Balaban J connectivity index is 1.98. The largest absolute Gasteiger partial charge is 0.368 e. The first-order chi connectivity index (χ1) is 7.13. The van der Waals surface area contributed by atoms with Crippen LogP contribution in [0, 0.1) is 5.92 Å². The van der Waals surface area contributed by atoms with Crippen molar-refractivity contribution in [3.63, 3.8) is 0 Å². The van der Waals surface area contributed by atoms with Gasteiger partial charge in [-0.15, -0.1) is 0 Å². The quantitative estimate of drug-likeness (QED) is 0.587. The van der Waals surface area contributed by atoms with E-state index in [1.807, 2.05) is 0 Å². The number of rotatable bonds is 5. The summed E-state index contributed by atoms with van der Waals surface area (Å²) in [5.41, 5.74) is 10.4. The van der Waals surface area contributed by atoms with Crippen molar-refractivity contribution in [2.24, 2.45) is 17.4 Å². The molecule has 1 aromatic rings. The fourth-order valence-electron chi connectivity index (χ4n) is 1.44. The van der Waals surface area contributed by atoms with Gasteiger partial charge in [0.2, 0.25) is 5.91 Å². The second kappa shape index (κ2) is 3.82. The number of hydrogen-bond acceptors (Lipinski definition) is 5. The smallest absolute Gasteiger partial charge is 0.238 e. The fourth-order valence-corrected chi connectivity index (χ4v) is 2.43. The van der Waals surface area contributed by atoms with E-state index in [1.165, 1.54) is 18.1 Å². The monoisotopic (exact) mass is 227 g/mol. The molecular weight excluding hydrogens is 214 g/mol. The van der Waals surface area contributed by atoms with Crippen LogP contribution in [-0.2, 0) is 4.79 Å². The molecule has 0 saturated heterocycles. The number of amides is 1. The summed E-state index contributed by atoms with van der Waals surface area (Å²) in [6.07, 6.45) is 3.38. The average molecular weight is 227 g/mol. The highest BCUT2D eigenvalue weighted by atomic mass is 32.2. The van der Waals surface area contributed by atoms with E-state index < -0.39 is 11.4 Å². The Bertz CT molecular complexity index is 350. The van der Waals surface area contributed by atoms with Crippen molar-refractivity contribution in [3.05, 3.63) is 6.33 Å². The summed E-state index contributed by atoms with van der Waals surface area (Å²) >= 11 is 1.38. The standard InChI is InChI=1S/C8H13N5OS/c9-6(14)8(10,5-1-2-5)3-15-7-11-4-12-13-7/h4-5H,1-3,10H2,(H2,9,14)(H,11,12,13). The number of carbonyl (C=O) groups is 1. The van der Waals surface area contributed by atoms with Gasteiger partial charge in [-0.2, -0.15) is 5.10 Å². The lowest BCUT2D eigenvalue weighted by molar-refractivity contribution is -0.123. The first-order valence-corrected chi connectivity index (χ1v) is 5.68. The molecule has 0 aromatic carbocycles. The van der Waals surface area contributed by atoms with Crippen LogP contribution in [0.1, 0.15) is 12.8 Å². The van der Waals surface area contributed by atoms with Crippen molar-refractivity contribution in [1.29, 1.82) is 0 Å². The highest BCUT2D eigenvalue weighted by Crippen LogP contribution is 2.40. The summed E-state index contributed by atoms with van der Waals surface area (Å²) in [5.74, 6) is 0.241. The first kappa shape index (κ1) is 10.4. The minimum absolute atomic E-state index is 0.227. The highest BCUT2D eigenvalue weighted by Gasteiger charge is 2.46. The Morgan fingerprint density at radius 1 is 1.73 bits per heavy atom. The third-order valence-corrected chi connectivity index (χ3v) is 3.70. The number of carbonyl (C=O) groups excluding carboxylic acids is 1. The van der Waals surface area contributed by atoms with Crippen LogP contribution in [0.25, 0.3) is 0 Å². The fraction of sp³-hybridized carbons (Fsp3) is 0.625. The molecule has 15 heavy (non-hydrogen) atoms. The van der Waals surface area contributed by atoms with Gasteiger partial charge >= 0.3 is 0 Å². The third kappa shape index (κ3) is 2.13. The normalized spacial score (nSPS) is 19.8. The molecule has 1 aromatic heterocycles. The number of H-pyrrole nitrogens is 1. The zero-order valence-corrected chi connectivity index (χ0v) is 8.96. The molecule has 0 radical (unpaired) electrons. The third-order valence-electron chi connectivity index (χ3n) is 2.61. The molecule has 5 N–H and O–H groups in total. The van der Waals surface area contributed by atoms with E-state index in [4.69, 9.17) is 11.5 Å². The molecule has 6 nitrogen and oxygen atoms in total. The number of hydrogen-bond donors (Lipinski definition) is 3. The number of aromatic nitrogens is 3. The SMILES string of the molecule is NC(=O)C(N)(CSc1ncn[nH]1)C1CC1. The molecule has 0 bridgehead atoms. The second-order valence-electron chi connectivity index (χ2n) is 3.76. The van der Waals surface area contributed by atoms with Crippen molar-refractivity contribution in [3.8, 4) is 0 Å². The van der Waals surface area contributed by atoms with Crippen LogP contribution < -0.4 is 11.5 Å². The zero-order valence-electron chi connectivity index (χ0n) is 8.14. The molecule has 1 heterocycles. The first-order valence-electron chi connectivity index (χ1n) is 4.70. The molecule has 1 amide bonds. The number of thioether (sulfide) groups is 1. The van der Waals surface area contributed by atoms with Gasteiger partial charge in [0.25, 0.3) is 0 Å². The summed E-state index contributed by atoms with van der Waals surface area (Å²) in [7, 11) is 0. The van der Waals surface area contributed by atoms with E-state index in [-0.39, 0.29) is 5.92 Å². The minimum Gasteiger partial charge on any atom is -0.368 e. The number of nitrogens with one attached hydrogen (secondary N) is 1. The molecule has 1 fully saturated rings. The Labute approximate surface area is 91.2 Å². The van der Waals surface area contributed by atoms with Gasteiger partial charge in [-0.3, -0.25) is 9.89 Å². The van der Waals surface area contributed by atoms with Crippen molar-refractivity contribution in [2.45, 2.75) is 23.5 Å². The summed E-state index contributed by atoms with van der Waals surface area (Å²) in [6.45, 7) is 0. The van der Waals surface area contributed by atoms with Gasteiger partial charge in [0, 0.05) is 5.75 Å². The summed E-state index contributed by atoms with van der Waals surface area (Å²) in [4.78, 5) is 15.2. The molecule has 1 saturated carbocycles. The number of primary amides is 1. The van der Waals surface area contributed by atoms with Gasteiger partial charge in [0.05, 0.1) is 0 Å². The van der Waals surface area contributed by atoms with Gasteiger partial charge in [0.1, 0.15) is 11.9 Å². The van der Waals surface area contributed by atoms with E-state index in [1.54, 1.807) is 0 Å². The van der Waals surface area contributed by atoms with Crippen LogP contribution in [0.2, 0.25) is 0 Å². The highest BCUT2D eigenvalue weighted by molar-refractivity contribution is 7.99. The molecule has 7 heteroatoms. The Kier molecular flexibility index (Phi) is 2.66. The van der Waals surface area contributed by atoms with E-state index in [2.05, 4.69) is 15.2 Å². The van der Waals surface area contributed by atoms with Gasteiger partial charge in [0.15, 0.2) is 5.16 Å². The van der Waals surface area contributed by atoms with Crippen LogP contribution >= 0.6 is 11.8 Å². The molecular formula is C8H13N5OS. The maximum Gasteiger partial charge on any atom is 0.238 e. The van der Waals surface area contributed by atoms with Crippen LogP contribution in [0.15, 0.2) is 11.5 Å². The lowest BCUT2D eigenvalue weighted by Gasteiger charge is -2.24. The van der Waals surface area contributed by atoms with Gasteiger partial charge in [-0.05, 0) is 18.8 Å². The average Bonchev–Trinajstić information content (AvgIpc) is 2.93. The molecule has 1 atom stereocenters. The van der Waals surface area contributed by atoms with E-state index in [0.717, 1.165) is 12.8 Å². The van der Waals surface area contributed by atoms with E-state index in [9.17, 15) is 4.79 Å². The predicted octanol–water partition coefficient (Wildman–Crippen LogP) is -0.510. The van der Waals surface area contributed by atoms with Crippen molar-refractivity contribution >= 4 is 17.7 Å².